The third-order valence-corrected chi connectivity index (χ3v) is 10.8. The van der Waals surface area contributed by atoms with Crippen molar-refractivity contribution >= 4 is 20.4 Å². The van der Waals surface area contributed by atoms with Crippen molar-refractivity contribution in [2.45, 2.75) is 103 Å². The first kappa shape index (κ1) is 27.3. The van der Waals surface area contributed by atoms with E-state index in [-0.39, 0.29) is 24.3 Å². The molecule has 1 saturated heterocycles. The van der Waals surface area contributed by atoms with E-state index in [0.717, 1.165) is 5.56 Å². The Morgan fingerprint density at radius 3 is 2.21 bits per heavy atom. The topological polar surface area (TPSA) is 85.3 Å². The van der Waals surface area contributed by atoms with Crippen LogP contribution in [0.5, 0.6) is 0 Å². The Balaban J connectivity index is 2.36. The number of hydrogen-bond donors (Lipinski definition) is 1. The number of likely N-dealkylation sites (tertiary alicyclic amines) is 1. The number of amides is 1. The lowest BCUT2D eigenvalue weighted by Gasteiger charge is -2.40. The van der Waals surface area contributed by atoms with Gasteiger partial charge in [-0.05, 0) is 57.3 Å². The highest BCUT2D eigenvalue weighted by molar-refractivity contribution is 6.74. The average molecular weight is 480 g/mol. The molecule has 0 aromatic heterocycles. The van der Waals surface area contributed by atoms with E-state index in [1.54, 1.807) is 20.8 Å². The molecule has 7 nitrogen and oxygen atoms in total. The Morgan fingerprint density at radius 1 is 1.09 bits per heavy atom. The molecule has 1 aromatic rings. The highest BCUT2D eigenvalue weighted by Crippen LogP contribution is 2.41. The van der Waals surface area contributed by atoms with Crippen LogP contribution in [0.4, 0.5) is 4.79 Å². The Labute approximate surface area is 199 Å². The number of benzene rings is 1. The third-order valence-electron chi connectivity index (χ3n) is 6.33. The molecule has 8 heteroatoms. The van der Waals surface area contributed by atoms with E-state index < -0.39 is 38.1 Å². The van der Waals surface area contributed by atoms with Gasteiger partial charge in [-0.2, -0.15) is 0 Å². The molecule has 1 fully saturated rings. The number of rotatable bonds is 7. The molecule has 2 rings (SSSR count). The maximum Gasteiger partial charge on any atom is 0.411 e. The molecule has 1 N–H and O–H groups in total. The van der Waals surface area contributed by atoms with Crippen LogP contribution in [0.3, 0.4) is 0 Å². The largest absolute Gasteiger partial charge is 0.458 e. The molecule has 0 bridgehead atoms. The first-order chi connectivity index (χ1) is 15.2. The second-order valence-corrected chi connectivity index (χ2v) is 16.0. The van der Waals surface area contributed by atoms with Gasteiger partial charge in [0.25, 0.3) is 0 Å². The lowest BCUT2D eigenvalue weighted by atomic mass is 10.1. The van der Waals surface area contributed by atoms with Gasteiger partial charge in [0.15, 0.2) is 14.4 Å². The van der Waals surface area contributed by atoms with Crippen LogP contribution in [0.1, 0.15) is 59.9 Å². The molecule has 0 spiro atoms. The molecule has 0 radical (unpaired) electrons. The molecule has 33 heavy (non-hydrogen) atoms. The summed E-state index contributed by atoms with van der Waals surface area (Å²) in [4.78, 5) is 28.0. The smallest absolute Gasteiger partial charge is 0.411 e. The van der Waals surface area contributed by atoms with E-state index in [0.29, 0.717) is 12.8 Å². The van der Waals surface area contributed by atoms with Gasteiger partial charge in [0.05, 0.1) is 6.10 Å². The van der Waals surface area contributed by atoms with Gasteiger partial charge in [-0.15, -0.1) is 0 Å². The monoisotopic (exact) mass is 479 g/mol. The van der Waals surface area contributed by atoms with Crippen LogP contribution < -0.4 is 0 Å². The van der Waals surface area contributed by atoms with Crippen molar-refractivity contribution in [1.29, 1.82) is 0 Å². The first-order valence-corrected chi connectivity index (χ1v) is 14.6. The molecule has 3 atom stereocenters. The minimum atomic E-state index is -2.25. The zero-order chi connectivity index (χ0) is 25.0. The van der Waals surface area contributed by atoms with Gasteiger partial charge in [-0.25, -0.2) is 9.59 Å². The number of nitrogens with zero attached hydrogens (tertiary/aromatic N) is 1. The molecule has 1 aromatic carbocycles. The second-order valence-electron chi connectivity index (χ2n) is 11.2. The van der Waals surface area contributed by atoms with Crippen molar-refractivity contribution in [2.75, 3.05) is 6.61 Å². The molecular weight excluding hydrogens is 438 g/mol. The standard InChI is InChI=1S/C25H41NO6Si/c1-24(2,3)31-22(28)21-20(32-33(7,8)25(4,5)6)16-19(14-15-27)26(21)23(29)30-17-18-12-10-9-11-13-18/h9-13,19-21,27H,14-17H2,1-8H3/t19-,20+,21-/m1/s1. The van der Waals surface area contributed by atoms with E-state index in [1.807, 2.05) is 30.3 Å². The van der Waals surface area contributed by atoms with E-state index in [9.17, 15) is 14.7 Å². The molecule has 0 unspecified atom stereocenters. The van der Waals surface area contributed by atoms with Crippen molar-refractivity contribution in [3.63, 3.8) is 0 Å². The van der Waals surface area contributed by atoms with Gasteiger partial charge in [-0.1, -0.05) is 51.1 Å². The number of esters is 1. The van der Waals surface area contributed by atoms with Crippen molar-refractivity contribution in [3.8, 4) is 0 Å². The Morgan fingerprint density at radius 2 is 1.70 bits per heavy atom. The summed E-state index contributed by atoms with van der Waals surface area (Å²) in [5.74, 6) is -0.511. The summed E-state index contributed by atoms with van der Waals surface area (Å²) in [5, 5.41) is 9.60. The molecule has 1 aliphatic rings. The first-order valence-electron chi connectivity index (χ1n) is 11.7. The van der Waals surface area contributed by atoms with Crippen LogP contribution in [0, 0.1) is 0 Å². The average Bonchev–Trinajstić information content (AvgIpc) is 3.02. The summed E-state index contributed by atoms with van der Waals surface area (Å²) < 4.78 is 17.9. The van der Waals surface area contributed by atoms with Crippen LogP contribution >= 0.6 is 0 Å². The van der Waals surface area contributed by atoms with E-state index in [4.69, 9.17) is 13.9 Å². The maximum atomic E-state index is 13.3. The number of aliphatic hydroxyl groups is 1. The van der Waals surface area contributed by atoms with Gasteiger partial charge >= 0.3 is 12.1 Å². The van der Waals surface area contributed by atoms with E-state index >= 15 is 0 Å². The van der Waals surface area contributed by atoms with Gasteiger partial charge < -0.3 is 19.0 Å². The van der Waals surface area contributed by atoms with Crippen LogP contribution in [0.25, 0.3) is 0 Å². The van der Waals surface area contributed by atoms with Gasteiger partial charge in [-0.3, -0.25) is 4.90 Å². The fraction of sp³-hybridized carbons (Fsp3) is 0.680. The number of carbonyl (C=O) groups is 2. The molecule has 1 amide bonds. The van der Waals surface area contributed by atoms with Gasteiger partial charge in [0.2, 0.25) is 0 Å². The number of ether oxygens (including phenoxy) is 2. The number of aliphatic hydroxyl groups excluding tert-OH is 1. The van der Waals surface area contributed by atoms with Gasteiger partial charge in [0, 0.05) is 12.6 Å². The predicted molar refractivity (Wildman–Crippen MR) is 130 cm³/mol. The third kappa shape index (κ3) is 7.29. The summed E-state index contributed by atoms with van der Waals surface area (Å²) in [5.41, 5.74) is 0.138. The maximum absolute atomic E-state index is 13.3. The van der Waals surface area contributed by atoms with Crippen LogP contribution in [0.15, 0.2) is 30.3 Å². The summed E-state index contributed by atoms with van der Waals surface area (Å²) >= 11 is 0. The van der Waals surface area contributed by atoms with E-state index in [1.165, 1.54) is 4.90 Å². The van der Waals surface area contributed by atoms with Gasteiger partial charge in [0.1, 0.15) is 12.2 Å². The Kier molecular flexibility index (Phi) is 8.76. The molecular formula is C25H41NO6Si. The lowest BCUT2D eigenvalue weighted by Crippen LogP contribution is -2.53. The highest BCUT2D eigenvalue weighted by atomic mass is 28.4. The molecule has 186 valence electrons. The van der Waals surface area contributed by atoms with Crippen molar-refractivity contribution in [1.82, 2.24) is 4.90 Å². The zero-order valence-corrected chi connectivity index (χ0v) is 22.4. The number of hydrogen-bond acceptors (Lipinski definition) is 6. The lowest BCUT2D eigenvalue weighted by molar-refractivity contribution is -0.162. The minimum absolute atomic E-state index is 0.0702. The second kappa shape index (κ2) is 10.6. The number of carbonyl (C=O) groups excluding carboxylic acids is 2. The van der Waals surface area contributed by atoms with Crippen molar-refractivity contribution in [3.05, 3.63) is 35.9 Å². The molecule has 0 saturated carbocycles. The van der Waals surface area contributed by atoms with Crippen LogP contribution in [-0.4, -0.2) is 60.8 Å². The van der Waals surface area contributed by atoms with Crippen LogP contribution in [-0.2, 0) is 25.3 Å². The summed E-state index contributed by atoms with van der Waals surface area (Å²) in [6, 6.07) is 8.07. The highest BCUT2D eigenvalue weighted by Gasteiger charge is 2.53. The normalized spacial score (nSPS) is 21.7. The Hall–Kier alpha value is -1.90. The predicted octanol–water partition coefficient (Wildman–Crippen LogP) is 4.88. The summed E-state index contributed by atoms with van der Waals surface area (Å²) in [6.07, 6.45) is -0.356. The Bertz CT molecular complexity index is 799. The minimum Gasteiger partial charge on any atom is -0.458 e. The molecule has 1 aliphatic heterocycles. The fourth-order valence-electron chi connectivity index (χ4n) is 3.67. The van der Waals surface area contributed by atoms with Crippen LogP contribution in [0.2, 0.25) is 18.1 Å². The fourth-order valence-corrected chi connectivity index (χ4v) is 5.01. The molecule has 0 aliphatic carbocycles. The summed E-state index contributed by atoms with van der Waals surface area (Å²) in [6.45, 7) is 16.0. The van der Waals surface area contributed by atoms with Crippen molar-refractivity contribution < 1.29 is 28.6 Å². The quantitative estimate of drug-likeness (QED) is 0.443. The van der Waals surface area contributed by atoms with E-state index in [2.05, 4.69) is 33.9 Å². The molecule has 1 heterocycles. The van der Waals surface area contributed by atoms with Crippen molar-refractivity contribution in [2.24, 2.45) is 0 Å². The SMILES string of the molecule is CC(C)(C)OC(=O)[C@H]1[C@@H](O[Si](C)(C)C(C)(C)C)C[C@@H](CCO)N1C(=O)OCc1ccccc1. The summed E-state index contributed by atoms with van der Waals surface area (Å²) in [7, 11) is -2.25. The zero-order valence-electron chi connectivity index (χ0n) is 21.4.